The Labute approximate surface area is 94.5 Å². The summed E-state index contributed by atoms with van der Waals surface area (Å²) in [7, 11) is 0. The molecule has 1 aliphatic rings. The maximum Gasteiger partial charge on any atom is 0.0512 e. The molecule has 0 aliphatic carbocycles. The quantitative estimate of drug-likeness (QED) is 0.681. The molecule has 2 nitrogen and oxygen atoms in total. The molecule has 1 fully saturated rings. The Bertz CT molecular complexity index is 159. The summed E-state index contributed by atoms with van der Waals surface area (Å²) in [6, 6.07) is 1.51. The molecule has 1 saturated heterocycles. The molecule has 1 aliphatic heterocycles. The molecule has 0 spiro atoms. The van der Waals surface area contributed by atoms with E-state index in [0.717, 1.165) is 24.9 Å². The van der Waals surface area contributed by atoms with E-state index < -0.39 is 0 Å². The maximum atomic E-state index is 9.17. The summed E-state index contributed by atoms with van der Waals surface area (Å²) in [5.41, 5.74) is 0. The minimum absolute atomic E-state index is 0.123. The Morgan fingerprint density at radius 3 is 2.33 bits per heavy atom. The van der Waals surface area contributed by atoms with Crippen LogP contribution in [0.5, 0.6) is 0 Å². The third kappa shape index (κ3) is 5.53. The van der Waals surface area contributed by atoms with Gasteiger partial charge in [0.15, 0.2) is 0 Å². The van der Waals surface area contributed by atoms with Gasteiger partial charge in [0.25, 0.3) is 0 Å². The van der Waals surface area contributed by atoms with Gasteiger partial charge in [0, 0.05) is 12.1 Å². The van der Waals surface area contributed by atoms with Crippen molar-refractivity contribution in [2.45, 2.75) is 83.4 Å². The van der Waals surface area contributed by atoms with E-state index in [1.807, 2.05) is 6.92 Å². The molecular formula is C13H27NO. The van der Waals surface area contributed by atoms with E-state index in [2.05, 4.69) is 12.2 Å². The normalized spacial score (nSPS) is 28.2. The summed E-state index contributed by atoms with van der Waals surface area (Å²) in [6.45, 7) is 4.14. The van der Waals surface area contributed by atoms with Crippen molar-refractivity contribution in [3.8, 4) is 0 Å². The molecule has 15 heavy (non-hydrogen) atoms. The number of nitrogens with one attached hydrogen (secondary N) is 1. The fourth-order valence-electron chi connectivity index (χ4n) is 2.47. The van der Waals surface area contributed by atoms with Crippen LogP contribution in [0.3, 0.4) is 0 Å². The second kappa shape index (κ2) is 7.24. The first kappa shape index (κ1) is 13.0. The third-order valence-electron chi connectivity index (χ3n) is 3.42. The van der Waals surface area contributed by atoms with Crippen molar-refractivity contribution >= 4 is 0 Å². The first-order valence-corrected chi connectivity index (χ1v) is 6.66. The highest BCUT2D eigenvalue weighted by molar-refractivity contribution is 4.83. The second-order valence-corrected chi connectivity index (χ2v) is 5.06. The van der Waals surface area contributed by atoms with Crippen molar-refractivity contribution in [1.29, 1.82) is 0 Å². The molecule has 2 heteroatoms. The zero-order chi connectivity index (χ0) is 11.1. The summed E-state index contributed by atoms with van der Waals surface area (Å²) >= 11 is 0. The average molecular weight is 213 g/mol. The van der Waals surface area contributed by atoms with Crippen molar-refractivity contribution in [1.82, 2.24) is 5.32 Å². The fraction of sp³-hybridized carbons (Fsp3) is 1.00. The van der Waals surface area contributed by atoms with Gasteiger partial charge in [0.2, 0.25) is 0 Å². The van der Waals surface area contributed by atoms with Crippen molar-refractivity contribution in [3.63, 3.8) is 0 Å². The smallest absolute Gasteiger partial charge is 0.0512 e. The van der Waals surface area contributed by atoms with E-state index in [-0.39, 0.29) is 6.10 Å². The van der Waals surface area contributed by atoms with Crippen LogP contribution in [-0.4, -0.2) is 23.3 Å². The molecule has 0 saturated carbocycles. The van der Waals surface area contributed by atoms with Crippen molar-refractivity contribution in [3.05, 3.63) is 0 Å². The van der Waals surface area contributed by atoms with Gasteiger partial charge < -0.3 is 10.4 Å². The van der Waals surface area contributed by atoms with Crippen molar-refractivity contribution < 1.29 is 5.11 Å². The summed E-state index contributed by atoms with van der Waals surface area (Å²) < 4.78 is 0. The van der Waals surface area contributed by atoms with Gasteiger partial charge in [-0.15, -0.1) is 0 Å². The molecule has 90 valence electrons. The van der Waals surface area contributed by atoms with Crippen LogP contribution in [0.4, 0.5) is 0 Å². The zero-order valence-electron chi connectivity index (χ0n) is 10.3. The Balaban J connectivity index is 2.03. The minimum Gasteiger partial charge on any atom is -0.393 e. The standard InChI is InChI=1S/C13H27NO/c1-3-4-7-12-9-10-13(14-12)8-5-6-11(2)15/h11-15H,3-10H2,1-2H3/t11?,12-,13+/m0/s1. The van der Waals surface area contributed by atoms with Crippen LogP contribution in [0.1, 0.15) is 65.2 Å². The molecule has 0 aromatic rings. The average Bonchev–Trinajstić information content (AvgIpc) is 2.62. The number of hydrogen-bond donors (Lipinski definition) is 2. The second-order valence-electron chi connectivity index (χ2n) is 5.06. The Hall–Kier alpha value is -0.0800. The van der Waals surface area contributed by atoms with Crippen LogP contribution in [-0.2, 0) is 0 Å². The molecule has 0 amide bonds. The Kier molecular flexibility index (Phi) is 6.26. The fourth-order valence-corrected chi connectivity index (χ4v) is 2.47. The van der Waals surface area contributed by atoms with Gasteiger partial charge in [-0.05, 0) is 45.4 Å². The van der Waals surface area contributed by atoms with E-state index >= 15 is 0 Å². The lowest BCUT2D eigenvalue weighted by Gasteiger charge is -2.14. The molecule has 1 rings (SSSR count). The molecule has 2 N–H and O–H groups in total. The number of aliphatic hydroxyl groups excluding tert-OH is 1. The maximum absolute atomic E-state index is 9.17. The van der Waals surface area contributed by atoms with Crippen LogP contribution >= 0.6 is 0 Å². The van der Waals surface area contributed by atoms with Crippen LogP contribution in [0, 0.1) is 0 Å². The lowest BCUT2D eigenvalue weighted by atomic mass is 10.1. The van der Waals surface area contributed by atoms with Gasteiger partial charge >= 0.3 is 0 Å². The number of aliphatic hydroxyl groups is 1. The van der Waals surface area contributed by atoms with E-state index in [1.54, 1.807) is 0 Å². The number of unbranched alkanes of at least 4 members (excludes halogenated alkanes) is 1. The highest BCUT2D eigenvalue weighted by Crippen LogP contribution is 2.20. The van der Waals surface area contributed by atoms with E-state index in [0.29, 0.717) is 0 Å². The highest BCUT2D eigenvalue weighted by atomic mass is 16.3. The molecule has 1 heterocycles. The summed E-state index contributed by atoms with van der Waals surface area (Å²) in [4.78, 5) is 0. The van der Waals surface area contributed by atoms with Crippen LogP contribution in [0.15, 0.2) is 0 Å². The molecule has 0 radical (unpaired) electrons. The summed E-state index contributed by atoms with van der Waals surface area (Å²) in [5, 5.41) is 12.9. The predicted octanol–water partition coefficient (Wildman–Crippen LogP) is 2.85. The van der Waals surface area contributed by atoms with E-state index in [1.165, 1.54) is 38.5 Å². The van der Waals surface area contributed by atoms with Crippen LogP contribution < -0.4 is 5.32 Å². The minimum atomic E-state index is -0.123. The van der Waals surface area contributed by atoms with Gasteiger partial charge in [-0.2, -0.15) is 0 Å². The van der Waals surface area contributed by atoms with Gasteiger partial charge in [-0.25, -0.2) is 0 Å². The van der Waals surface area contributed by atoms with Gasteiger partial charge in [0.1, 0.15) is 0 Å². The van der Waals surface area contributed by atoms with Crippen molar-refractivity contribution in [2.24, 2.45) is 0 Å². The van der Waals surface area contributed by atoms with Crippen LogP contribution in [0.25, 0.3) is 0 Å². The molecule has 3 atom stereocenters. The van der Waals surface area contributed by atoms with Crippen molar-refractivity contribution in [2.75, 3.05) is 0 Å². The Morgan fingerprint density at radius 1 is 1.20 bits per heavy atom. The lowest BCUT2D eigenvalue weighted by Crippen LogP contribution is -2.29. The molecule has 0 aromatic heterocycles. The first-order valence-electron chi connectivity index (χ1n) is 6.66. The lowest BCUT2D eigenvalue weighted by molar-refractivity contribution is 0.179. The SMILES string of the molecule is CCCC[C@H]1CC[C@@H](CCCC(C)O)N1. The zero-order valence-corrected chi connectivity index (χ0v) is 10.3. The van der Waals surface area contributed by atoms with E-state index in [4.69, 9.17) is 0 Å². The Morgan fingerprint density at radius 2 is 1.80 bits per heavy atom. The molecule has 0 aromatic carbocycles. The molecule has 0 bridgehead atoms. The largest absolute Gasteiger partial charge is 0.393 e. The highest BCUT2D eigenvalue weighted by Gasteiger charge is 2.22. The van der Waals surface area contributed by atoms with Gasteiger partial charge in [0.05, 0.1) is 6.10 Å². The first-order chi connectivity index (χ1) is 7.22. The van der Waals surface area contributed by atoms with Gasteiger partial charge in [-0.3, -0.25) is 0 Å². The molecule has 1 unspecified atom stereocenters. The monoisotopic (exact) mass is 213 g/mol. The summed E-state index contributed by atoms with van der Waals surface area (Å²) in [6.07, 6.45) is 9.96. The third-order valence-corrected chi connectivity index (χ3v) is 3.42. The van der Waals surface area contributed by atoms with Gasteiger partial charge in [-0.1, -0.05) is 19.8 Å². The summed E-state index contributed by atoms with van der Waals surface area (Å²) in [5.74, 6) is 0. The number of hydrogen-bond acceptors (Lipinski definition) is 2. The molecular weight excluding hydrogens is 186 g/mol. The van der Waals surface area contributed by atoms with Crippen LogP contribution in [0.2, 0.25) is 0 Å². The predicted molar refractivity (Wildman–Crippen MR) is 65.0 cm³/mol. The number of rotatable bonds is 7. The topological polar surface area (TPSA) is 32.3 Å². The van der Waals surface area contributed by atoms with E-state index in [9.17, 15) is 5.11 Å².